The van der Waals surface area contributed by atoms with E-state index in [0.29, 0.717) is 11.3 Å². The van der Waals surface area contributed by atoms with Crippen molar-refractivity contribution in [2.45, 2.75) is 12.0 Å². The van der Waals surface area contributed by atoms with Crippen molar-refractivity contribution in [3.05, 3.63) is 53.6 Å². The van der Waals surface area contributed by atoms with Crippen LogP contribution in [0.4, 0.5) is 0 Å². The van der Waals surface area contributed by atoms with E-state index in [4.69, 9.17) is 9.47 Å². The van der Waals surface area contributed by atoms with E-state index in [1.165, 1.54) is 26.4 Å². The number of methoxy groups -OCH3 is 2. The Bertz CT molecular complexity index is 741. The Morgan fingerprint density at radius 1 is 0.960 bits per heavy atom. The molecule has 2 aromatic carbocycles. The van der Waals surface area contributed by atoms with Gasteiger partial charge in [-0.15, -0.1) is 0 Å². The molecule has 0 aliphatic heterocycles. The highest BCUT2D eigenvalue weighted by Crippen LogP contribution is 2.32. The molecule has 0 aliphatic carbocycles. The Morgan fingerprint density at radius 3 is 2.16 bits per heavy atom. The summed E-state index contributed by atoms with van der Waals surface area (Å²) < 4.78 is 10.2. The third-order valence-electron chi connectivity index (χ3n) is 3.89. The van der Waals surface area contributed by atoms with Gasteiger partial charge in [0, 0.05) is 5.92 Å². The number of aliphatic hydroxyl groups is 2. The highest BCUT2D eigenvalue weighted by atomic mass is 16.5. The monoisotopic (exact) mass is 346 g/mol. The first-order valence-corrected chi connectivity index (χ1v) is 7.71. The van der Waals surface area contributed by atoms with Gasteiger partial charge >= 0.3 is 0 Å². The lowest BCUT2D eigenvalue weighted by Gasteiger charge is -2.19. The molecule has 0 amide bonds. The van der Waals surface area contributed by atoms with Crippen molar-refractivity contribution < 1.29 is 29.9 Å². The second kappa shape index (κ2) is 8.41. The molecule has 6 nitrogen and oxygen atoms in total. The molecule has 0 saturated carbocycles. The summed E-state index contributed by atoms with van der Waals surface area (Å²) in [6.07, 6.45) is 2.47. The molecule has 2 rings (SSSR count). The van der Waals surface area contributed by atoms with Crippen molar-refractivity contribution in [3.63, 3.8) is 0 Å². The molecule has 0 radical (unpaired) electrons. The molecule has 2 unspecified atom stereocenters. The number of aromatic hydroxyl groups is 2. The van der Waals surface area contributed by atoms with E-state index in [0.717, 1.165) is 5.56 Å². The molecule has 0 bridgehead atoms. The zero-order valence-electron chi connectivity index (χ0n) is 14.1. The minimum absolute atomic E-state index is 0.00395. The van der Waals surface area contributed by atoms with Crippen LogP contribution in [0.3, 0.4) is 0 Å². The highest BCUT2D eigenvalue weighted by molar-refractivity contribution is 5.57. The van der Waals surface area contributed by atoms with Gasteiger partial charge in [0.2, 0.25) is 0 Å². The first-order valence-electron chi connectivity index (χ1n) is 7.71. The Labute approximate surface area is 146 Å². The average Bonchev–Trinajstić information content (AvgIpc) is 2.63. The fraction of sp³-hybridized carbons (Fsp3) is 0.263. The van der Waals surface area contributed by atoms with Crippen molar-refractivity contribution in [2.75, 3.05) is 20.8 Å². The van der Waals surface area contributed by atoms with E-state index in [9.17, 15) is 20.4 Å². The van der Waals surface area contributed by atoms with Gasteiger partial charge in [0.1, 0.15) is 0 Å². The maximum Gasteiger partial charge on any atom is 0.161 e. The molecule has 0 heterocycles. The quantitative estimate of drug-likeness (QED) is 0.614. The van der Waals surface area contributed by atoms with Gasteiger partial charge in [0.05, 0.1) is 26.9 Å². The van der Waals surface area contributed by atoms with Crippen LogP contribution >= 0.6 is 0 Å². The lowest BCUT2D eigenvalue weighted by atomic mass is 9.92. The van der Waals surface area contributed by atoms with E-state index in [2.05, 4.69) is 0 Å². The van der Waals surface area contributed by atoms with E-state index < -0.39 is 18.6 Å². The minimum atomic E-state index is -1.02. The molecule has 0 spiro atoms. The van der Waals surface area contributed by atoms with Crippen molar-refractivity contribution >= 4 is 6.08 Å². The number of benzene rings is 2. The van der Waals surface area contributed by atoms with Crippen molar-refractivity contribution in [1.29, 1.82) is 0 Å². The van der Waals surface area contributed by atoms with Crippen LogP contribution in [0.1, 0.15) is 17.0 Å². The largest absolute Gasteiger partial charge is 0.504 e. The van der Waals surface area contributed by atoms with Crippen LogP contribution < -0.4 is 9.47 Å². The smallest absolute Gasteiger partial charge is 0.161 e. The van der Waals surface area contributed by atoms with Crippen molar-refractivity contribution in [1.82, 2.24) is 0 Å². The molecule has 4 N–H and O–H groups in total. The second-order valence-electron chi connectivity index (χ2n) is 5.50. The Kier molecular flexibility index (Phi) is 6.27. The van der Waals surface area contributed by atoms with Crippen LogP contribution in [-0.4, -0.2) is 47.4 Å². The zero-order valence-corrected chi connectivity index (χ0v) is 14.1. The Morgan fingerprint density at radius 2 is 1.56 bits per heavy atom. The van der Waals surface area contributed by atoms with Gasteiger partial charge in [-0.2, -0.15) is 0 Å². The molecular formula is C19H22O6. The number of hydrogen-bond acceptors (Lipinski definition) is 6. The predicted molar refractivity (Wildman–Crippen MR) is 94.2 cm³/mol. The lowest BCUT2D eigenvalue weighted by molar-refractivity contribution is 0.0842. The molecule has 134 valence electrons. The summed E-state index contributed by atoms with van der Waals surface area (Å²) in [7, 11) is 2.90. The van der Waals surface area contributed by atoms with Gasteiger partial charge in [-0.3, -0.25) is 0 Å². The van der Waals surface area contributed by atoms with Crippen LogP contribution in [0.15, 0.2) is 42.5 Å². The maximum atomic E-state index is 10.2. The van der Waals surface area contributed by atoms with E-state index in [1.54, 1.807) is 36.4 Å². The molecule has 0 saturated heterocycles. The number of phenolic OH excluding ortho intramolecular Hbond substituents is 2. The maximum absolute atomic E-state index is 10.2. The summed E-state index contributed by atoms with van der Waals surface area (Å²) in [5.74, 6) is 0.143. The van der Waals surface area contributed by atoms with Gasteiger partial charge < -0.3 is 29.9 Å². The summed E-state index contributed by atoms with van der Waals surface area (Å²) >= 11 is 0. The summed E-state index contributed by atoms with van der Waals surface area (Å²) in [5, 5.41) is 38.9. The minimum Gasteiger partial charge on any atom is -0.504 e. The molecule has 6 heteroatoms. The molecule has 0 aromatic heterocycles. The number of phenols is 2. The highest BCUT2D eigenvalue weighted by Gasteiger charge is 2.19. The van der Waals surface area contributed by atoms with Crippen LogP contribution in [0.25, 0.3) is 6.08 Å². The summed E-state index contributed by atoms with van der Waals surface area (Å²) in [6, 6.07) is 9.62. The third kappa shape index (κ3) is 4.43. The number of ether oxygens (including phenoxy) is 2. The third-order valence-corrected chi connectivity index (χ3v) is 3.89. The second-order valence-corrected chi connectivity index (χ2v) is 5.50. The summed E-state index contributed by atoms with van der Waals surface area (Å²) in [6.45, 7) is -0.420. The van der Waals surface area contributed by atoms with Gasteiger partial charge in [-0.05, 0) is 35.4 Å². The van der Waals surface area contributed by atoms with Crippen LogP contribution in [0, 0.1) is 0 Å². The lowest BCUT2D eigenvalue weighted by Crippen LogP contribution is -2.21. The van der Waals surface area contributed by atoms with Crippen LogP contribution in [0.2, 0.25) is 0 Å². The van der Waals surface area contributed by atoms with E-state index in [-0.39, 0.29) is 17.2 Å². The average molecular weight is 346 g/mol. The van der Waals surface area contributed by atoms with Gasteiger partial charge in [-0.1, -0.05) is 24.3 Å². The molecular weight excluding hydrogens is 324 g/mol. The number of rotatable bonds is 7. The number of hydrogen-bond donors (Lipinski definition) is 4. The molecule has 2 aromatic rings. The molecule has 0 fully saturated rings. The van der Waals surface area contributed by atoms with Gasteiger partial charge in [0.25, 0.3) is 0 Å². The van der Waals surface area contributed by atoms with Crippen LogP contribution in [-0.2, 0) is 0 Å². The van der Waals surface area contributed by atoms with E-state index >= 15 is 0 Å². The predicted octanol–water partition coefficient (Wildman–Crippen LogP) is 2.27. The van der Waals surface area contributed by atoms with Gasteiger partial charge in [-0.25, -0.2) is 0 Å². The topological polar surface area (TPSA) is 99.4 Å². The SMILES string of the molecule is COc1cc(/C=C/C(c2ccc(O)c(OC)c2)C(O)CO)ccc1O. The fourth-order valence-corrected chi connectivity index (χ4v) is 2.49. The fourth-order valence-electron chi connectivity index (χ4n) is 2.49. The molecule has 25 heavy (non-hydrogen) atoms. The van der Waals surface area contributed by atoms with Crippen molar-refractivity contribution in [3.8, 4) is 23.0 Å². The van der Waals surface area contributed by atoms with E-state index in [1.807, 2.05) is 0 Å². The van der Waals surface area contributed by atoms with Gasteiger partial charge in [0.15, 0.2) is 23.0 Å². The normalized spacial score (nSPS) is 13.6. The number of aliphatic hydroxyl groups excluding tert-OH is 2. The molecule has 2 atom stereocenters. The molecule has 0 aliphatic rings. The van der Waals surface area contributed by atoms with Crippen LogP contribution in [0.5, 0.6) is 23.0 Å². The standard InChI is InChI=1S/C19H22O6/c1-24-18-9-12(4-7-15(18)21)3-6-14(17(23)11-20)13-5-8-16(22)19(10-13)25-2/h3-10,14,17,20-23H,11H2,1-2H3/b6-3+. The Hall–Kier alpha value is -2.70. The Balaban J connectivity index is 2.35. The first-order chi connectivity index (χ1) is 12.0. The zero-order chi connectivity index (χ0) is 18.4. The summed E-state index contributed by atoms with van der Waals surface area (Å²) in [5.41, 5.74) is 1.44. The summed E-state index contributed by atoms with van der Waals surface area (Å²) in [4.78, 5) is 0. The van der Waals surface area contributed by atoms with Crippen molar-refractivity contribution in [2.24, 2.45) is 0 Å². The first kappa shape index (κ1) is 18.6.